The molecule has 0 aliphatic heterocycles. The number of nitrogens with two attached hydrogens (primary N) is 1. The number of hydrogen-bond donors (Lipinski definition) is 2. The first kappa shape index (κ1) is 10.7. The Hall–Kier alpha value is -1.76. The maximum absolute atomic E-state index is 10.5. The molecule has 1 amide bonds. The summed E-state index contributed by atoms with van der Waals surface area (Å²) in [5, 5.41) is 8.15. The van der Waals surface area contributed by atoms with Crippen LogP contribution in [0.3, 0.4) is 0 Å². The number of amides is 1. The fourth-order valence-corrected chi connectivity index (χ4v) is 1.79. The van der Waals surface area contributed by atoms with Gasteiger partial charge in [-0.05, 0) is 12.1 Å². The van der Waals surface area contributed by atoms with E-state index >= 15 is 0 Å². The molecule has 2 rings (SSSR count). The zero-order valence-corrected chi connectivity index (χ0v) is 9.16. The van der Waals surface area contributed by atoms with Gasteiger partial charge < -0.3 is 15.1 Å². The summed E-state index contributed by atoms with van der Waals surface area (Å²) in [6.07, 6.45) is 2.07. The Morgan fingerprint density at radius 1 is 1.56 bits per heavy atom. The van der Waals surface area contributed by atoms with E-state index in [1.165, 1.54) is 11.8 Å². The van der Waals surface area contributed by atoms with Crippen molar-refractivity contribution in [3.05, 3.63) is 18.3 Å². The molecular formula is C9H10N4O2S. The lowest BCUT2D eigenvalue weighted by molar-refractivity contribution is -0.117. The van der Waals surface area contributed by atoms with Crippen molar-refractivity contribution in [2.24, 2.45) is 5.73 Å². The van der Waals surface area contributed by atoms with Crippen molar-refractivity contribution < 1.29 is 9.21 Å². The van der Waals surface area contributed by atoms with Gasteiger partial charge in [-0.15, -0.1) is 10.2 Å². The number of hydrogen-bond acceptors (Lipinski definition) is 5. The van der Waals surface area contributed by atoms with Gasteiger partial charge in [0.05, 0.1) is 0 Å². The van der Waals surface area contributed by atoms with Crippen LogP contribution in [0.2, 0.25) is 0 Å². The Morgan fingerprint density at radius 2 is 2.44 bits per heavy atom. The van der Waals surface area contributed by atoms with Crippen LogP contribution >= 0.6 is 11.8 Å². The molecule has 6 nitrogen and oxygen atoms in total. The largest absolute Gasteiger partial charge is 0.410 e. The number of thioether (sulfide) groups is 1. The maximum atomic E-state index is 10.5. The Kier molecular flexibility index (Phi) is 3.25. The highest BCUT2D eigenvalue weighted by atomic mass is 32.2. The van der Waals surface area contributed by atoms with Crippen LogP contribution in [0.5, 0.6) is 0 Å². The number of rotatable bonds is 5. The molecule has 2 aromatic heterocycles. The second-order valence-electron chi connectivity index (χ2n) is 3.02. The van der Waals surface area contributed by atoms with Gasteiger partial charge in [-0.25, -0.2) is 0 Å². The van der Waals surface area contributed by atoms with Crippen LogP contribution < -0.4 is 5.73 Å². The highest BCUT2D eigenvalue weighted by Gasteiger charge is 2.09. The van der Waals surface area contributed by atoms with E-state index in [0.29, 0.717) is 23.3 Å². The molecule has 0 saturated heterocycles. The summed E-state index contributed by atoms with van der Waals surface area (Å²) in [6.45, 7) is 0. The first-order valence-electron chi connectivity index (χ1n) is 4.64. The third-order valence-electron chi connectivity index (χ3n) is 1.81. The minimum absolute atomic E-state index is 0.297. The summed E-state index contributed by atoms with van der Waals surface area (Å²) in [6, 6.07) is 3.69. The van der Waals surface area contributed by atoms with Gasteiger partial charge in [-0.1, -0.05) is 11.8 Å². The molecule has 84 valence electrons. The molecule has 0 atom stereocenters. The Bertz CT molecular complexity index is 466. The predicted molar refractivity (Wildman–Crippen MR) is 58.6 cm³/mol. The van der Waals surface area contributed by atoms with Crippen LogP contribution in [-0.4, -0.2) is 26.8 Å². The average molecular weight is 238 g/mol. The molecule has 0 aliphatic rings. The van der Waals surface area contributed by atoms with Gasteiger partial charge in [0.25, 0.3) is 11.1 Å². The molecule has 2 aromatic rings. The zero-order valence-electron chi connectivity index (χ0n) is 8.34. The molecule has 0 fully saturated rings. The summed E-state index contributed by atoms with van der Waals surface area (Å²) < 4.78 is 5.37. The Balaban J connectivity index is 1.95. The third-order valence-corrected chi connectivity index (χ3v) is 2.63. The number of nitrogens with one attached hydrogen (secondary N) is 1. The highest BCUT2D eigenvalue weighted by Crippen LogP contribution is 2.21. The topological polar surface area (TPSA) is 97.8 Å². The number of aromatic nitrogens is 3. The molecular weight excluding hydrogens is 228 g/mol. The predicted octanol–water partition coefficient (Wildman–Crippen LogP) is 1.03. The van der Waals surface area contributed by atoms with Gasteiger partial charge in [0.2, 0.25) is 5.91 Å². The smallest absolute Gasteiger partial charge is 0.276 e. The number of aromatic amines is 1. The van der Waals surface area contributed by atoms with E-state index in [-0.39, 0.29) is 5.91 Å². The zero-order chi connectivity index (χ0) is 11.4. The first-order chi connectivity index (χ1) is 7.75. The van der Waals surface area contributed by atoms with Gasteiger partial charge in [0, 0.05) is 18.4 Å². The maximum Gasteiger partial charge on any atom is 0.276 e. The molecule has 0 radical (unpaired) electrons. The van der Waals surface area contributed by atoms with E-state index in [0.717, 1.165) is 5.69 Å². The monoisotopic (exact) mass is 238 g/mol. The van der Waals surface area contributed by atoms with Crippen molar-refractivity contribution in [3.8, 4) is 11.6 Å². The van der Waals surface area contributed by atoms with Gasteiger partial charge in [0.1, 0.15) is 5.69 Å². The lowest BCUT2D eigenvalue weighted by Gasteiger charge is -1.92. The molecule has 0 aliphatic carbocycles. The van der Waals surface area contributed by atoms with Gasteiger partial charge in [-0.2, -0.15) is 0 Å². The van der Waals surface area contributed by atoms with Crippen LogP contribution in [0.4, 0.5) is 0 Å². The molecule has 2 heterocycles. The van der Waals surface area contributed by atoms with Crippen LogP contribution in [0.1, 0.15) is 6.42 Å². The molecule has 0 unspecified atom stereocenters. The number of carbonyl (C=O) groups excluding carboxylic acids is 1. The molecule has 7 heteroatoms. The standard InChI is InChI=1S/C9H10N4O2S/c10-7(14)3-5-16-9-13-12-8(15-9)6-2-1-4-11-6/h1-2,4,11H,3,5H2,(H2,10,14). The number of nitrogens with zero attached hydrogens (tertiary/aromatic N) is 2. The second-order valence-corrected chi connectivity index (χ2v) is 4.07. The van der Waals surface area contributed by atoms with Crippen molar-refractivity contribution >= 4 is 17.7 Å². The lowest BCUT2D eigenvalue weighted by Crippen LogP contribution is -2.10. The minimum atomic E-state index is -0.336. The summed E-state index contributed by atoms with van der Waals surface area (Å²) in [4.78, 5) is 13.5. The average Bonchev–Trinajstić information content (AvgIpc) is 2.85. The molecule has 0 saturated carbocycles. The normalized spacial score (nSPS) is 10.5. The van der Waals surface area contributed by atoms with E-state index in [2.05, 4.69) is 15.2 Å². The van der Waals surface area contributed by atoms with Crippen molar-refractivity contribution in [1.82, 2.24) is 15.2 Å². The van der Waals surface area contributed by atoms with Crippen molar-refractivity contribution in [2.75, 3.05) is 5.75 Å². The molecule has 3 N–H and O–H groups in total. The molecule has 0 spiro atoms. The third kappa shape index (κ3) is 2.63. The fourth-order valence-electron chi connectivity index (χ4n) is 1.08. The van der Waals surface area contributed by atoms with Gasteiger partial charge in [0.15, 0.2) is 0 Å². The van der Waals surface area contributed by atoms with Gasteiger partial charge in [-0.3, -0.25) is 4.79 Å². The number of H-pyrrole nitrogens is 1. The summed E-state index contributed by atoms with van der Waals surface area (Å²) in [7, 11) is 0. The van der Waals surface area contributed by atoms with Crippen molar-refractivity contribution in [2.45, 2.75) is 11.6 Å². The Morgan fingerprint density at radius 3 is 3.12 bits per heavy atom. The summed E-state index contributed by atoms with van der Waals surface area (Å²) in [5.74, 6) is 0.644. The lowest BCUT2D eigenvalue weighted by atomic mass is 10.4. The Labute approximate surface area is 95.6 Å². The van der Waals surface area contributed by atoms with E-state index in [1.807, 2.05) is 12.1 Å². The van der Waals surface area contributed by atoms with E-state index in [1.54, 1.807) is 6.20 Å². The van der Waals surface area contributed by atoms with E-state index in [9.17, 15) is 4.79 Å². The first-order valence-corrected chi connectivity index (χ1v) is 5.62. The molecule has 16 heavy (non-hydrogen) atoms. The molecule has 0 aromatic carbocycles. The van der Waals surface area contributed by atoms with Crippen LogP contribution in [-0.2, 0) is 4.79 Å². The van der Waals surface area contributed by atoms with Crippen LogP contribution in [0.15, 0.2) is 28.0 Å². The summed E-state index contributed by atoms with van der Waals surface area (Å²) in [5.41, 5.74) is 5.79. The van der Waals surface area contributed by atoms with E-state index in [4.69, 9.17) is 10.2 Å². The van der Waals surface area contributed by atoms with Crippen molar-refractivity contribution in [3.63, 3.8) is 0 Å². The summed E-state index contributed by atoms with van der Waals surface area (Å²) >= 11 is 1.31. The fraction of sp³-hybridized carbons (Fsp3) is 0.222. The molecule has 0 bridgehead atoms. The van der Waals surface area contributed by atoms with Crippen LogP contribution in [0, 0.1) is 0 Å². The quantitative estimate of drug-likeness (QED) is 0.758. The van der Waals surface area contributed by atoms with Gasteiger partial charge >= 0.3 is 0 Å². The highest BCUT2D eigenvalue weighted by molar-refractivity contribution is 7.99. The second kappa shape index (κ2) is 4.84. The van der Waals surface area contributed by atoms with Crippen LogP contribution in [0.25, 0.3) is 11.6 Å². The van der Waals surface area contributed by atoms with Crippen molar-refractivity contribution in [1.29, 1.82) is 0 Å². The minimum Gasteiger partial charge on any atom is -0.410 e. The SMILES string of the molecule is NC(=O)CCSc1nnc(-c2ccc[nH]2)o1. The number of primary amides is 1. The number of carbonyl (C=O) groups is 1. The van der Waals surface area contributed by atoms with E-state index < -0.39 is 0 Å².